The van der Waals surface area contributed by atoms with Gasteiger partial charge in [0.15, 0.2) is 0 Å². The molecule has 0 bridgehead atoms. The van der Waals surface area contributed by atoms with Crippen molar-refractivity contribution in [2.24, 2.45) is 5.41 Å². The number of nitriles is 1. The summed E-state index contributed by atoms with van der Waals surface area (Å²) in [6.45, 7) is 5.93. The Morgan fingerprint density at radius 1 is 1.46 bits per heavy atom. The average Bonchev–Trinajstić information content (AvgIpc) is 2.44. The van der Waals surface area contributed by atoms with Crippen LogP contribution in [-0.2, 0) is 4.74 Å². The number of carbonyl (C=O) groups excluding carboxylic acids is 1. The first kappa shape index (κ1) is 18.0. The number of likely N-dealkylation sites (tertiary alicyclic amines) is 1. The van der Waals surface area contributed by atoms with Gasteiger partial charge in [-0.2, -0.15) is 5.26 Å². The van der Waals surface area contributed by atoms with Crippen LogP contribution in [0.2, 0.25) is 0 Å². The molecule has 1 aliphatic heterocycles. The predicted octanol–water partition coefficient (Wildman–Crippen LogP) is 2.31. The third-order valence-electron chi connectivity index (χ3n) is 3.65. The number of amides is 1. The van der Waals surface area contributed by atoms with Crippen LogP contribution in [0.1, 0.15) is 26.3 Å². The van der Waals surface area contributed by atoms with Crippen LogP contribution in [0, 0.1) is 22.6 Å². The molecule has 0 spiro atoms. The van der Waals surface area contributed by atoms with Crippen molar-refractivity contribution in [3.05, 3.63) is 29.6 Å². The number of hydrogen-bond donors (Lipinski definition) is 1. The summed E-state index contributed by atoms with van der Waals surface area (Å²) in [6.07, 6.45) is -0.434. The van der Waals surface area contributed by atoms with Gasteiger partial charge in [0, 0.05) is 19.2 Å². The number of rotatable bonds is 4. The fourth-order valence-corrected chi connectivity index (χ4v) is 2.37. The Bertz CT molecular complexity index is 658. The first-order valence-corrected chi connectivity index (χ1v) is 7.59. The summed E-state index contributed by atoms with van der Waals surface area (Å²) in [5, 5.41) is 18.3. The van der Waals surface area contributed by atoms with Crippen molar-refractivity contribution in [1.82, 2.24) is 4.90 Å². The zero-order valence-corrected chi connectivity index (χ0v) is 14.0. The number of ether oxygens (including phenoxy) is 2. The van der Waals surface area contributed by atoms with Gasteiger partial charge in [0.2, 0.25) is 0 Å². The van der Waals surface area contributed by atoms with Crippen molar-refractivity contribution in [1.29, 1.82) is 5.26 Å². The van der Waals surface area contributed by atoms with Crippen LogP contribution >= 0.6 is 0 Å². The molecule has 24 heavy (non-hydrogen) atoms. The molecule has 1 N–H and O–H groups in total. The fraction of sp³-hybridized carbons (Fsp3) is 0.529. The minimum atomic E-state index is -0.656. The molecule has 0 atom stereocenters. The van der Waals surface area contributed by atoms with Crippen LogP contribution in [0.15, 0.2) is 18.2 Å². The molecule has 1 aromatic carbocycles. The third-order valence-corrected chi connectivity index (χ3v) is 3.65. The first-order chi connectivity index (χ1) is 11.2. The largest absolute Gasteiger partial charge is 0.493 e. The van der Waals surface area contributed by atoms with Gasteiger partial charge < -0.3 is 19.5 Å². The molecule has 130 valence electrons. The molecule has 1 saturated heterocycles. The molecule has 2 rings (SSSR count). The van der Waals surface area contributed by atoms with E-state index in [4.69, 9.17) is 14.7 Å². The van der Waals surface area contributed by atoms with Crippen molar-refractivity contribution < 1.29 is 23.8 Å². The van der Waals surface area contributed by atoms with Gasteiger partial charge in [0.05, 0.1) is 24.2 Å². The van der Waals surface area contributed by atoms with E-state index in [2.05, 4.69) is 0 Å². The fourth-order valence-electron chi connectivity index (χ4n) is 2.37. The van der Waals surface area contributed by atoms with Crippen LogP contribution in [-0.4, -0.2) is 48.0 Å². The molecule has 1 fully saturated rings. The average molecular weight is 336 g/mol. The van der Waals surface area contributed by atoms with Crippen molar-refractivity contribution in [3.63, 3.8) is 0 Å². The van der Waals surface area contributed by atoms with Crippen molar-refractivity contribution in [2.75, 3.05) is 26.3 Å². The maximum atomic E-state index is 13.6. The topological polar surface area (TPSA) is 82.8 Å². The van der Waals surface area contributed by atoms with Crippen molar-refractivity contribution in [3.8, 4) is 11.8 Å². The molecule has 0 aliphatic carbocycles. The Labute approximate surface area is 140 Å². The zero-order valence-electron chi connectivity index (χ0n) is 14.0. The number of nitrogens with zero attached hydrogens (tertiary/aromatic N) is 2. The Hall–Kier alpha value is -2.33. The minimum Gasteiger partial charge on any atom is -0.493 e. The normalized spacial score (nSPS) is 16.1. The van der Waals surface area contributed by atoms with Gasteiger partial charge >= 0.3 is 6.09 Å². The minimum absolute atomic E-state index is 0.0565. The standard InChI is InChI=1S/C17H21FN2O4/c1-16(2,3)24-15(22)20-8-17(9-20,10-21)11-23-13-5-4-12(7-19)14(18)6-13/h4-6,21H,8-11H2,1-3H3. The third kappa shape index (κ3) is 4.15. The highest BCUT2D eigenvalue weighted by Gasteiger charge is 2.47. The Morgan fingerprint density at radius 2 is 2.12 bits per heavy atom. The lowest BCUT2D eigenvalue weighted by Gasteiger charge is -2.48. The summed E-state index contributed by atoms with van der Waals surface area (Å²) in [4.78, 5) is 13.4. The van der Waals surface area contributed by atoms with Crippen LogP contribution < -0.4 is 4.74 Å². The van der Waals surface area contributed by atoms with Gasteiger partial charge in [-0.1, -0.05) is 0 Å². The number of benzene rings is 1. The Kier molecular flexibility index (Phi) is 4.99. The Balaban J connectivity index is 1.91. The highest BCUT2D eigenvalue weighted by Crippen LogP contribution is 2.32. The number of aliphatic hydroxyl groups excluding tert-OH is 1. The maximum absolute atomic E-state index is 13.6. The molecule has 0 unspecified atom stereocenters. The van der Waals surface area contributed by atoms with E-state index in [-0.39, 0.29) is 24.5 Å². The van der Waals surface area contributed by atoms with E-state index in [0.717, 1.165) is 6.07 Å². The monoisotopic (exact) mass is 336 g/mol. The Morgan fingerprint density at radius 3 is 2.62 bits per heavy atom. The van der Waals surface area contributed by atoms with E-state index in [1.54, 1.807) is 26.8 Å². The highest BCUT2D eigenvalue weighted by atomic mass is 19.1. The lowest BCUT2D eigenvalue weighted by Crippen LogP contribution is -2.63. The van der Waals surface area contributed by atoms with E-state index in [1.807, 2.05) is 0 Å². The number of aliphatic hydroxyl groups is 1. The molecular formula is C17H21FN2O4. The van der Waals surface area contributed by atoms with Crippen LogP contribution in [0.4, 0.5) is 9.18 Å². The second-order valence-electron chi connectivity index (χ2n) is 7.04. The molecule has 0 saturated carbocycles. The second kappa shape index (κ2) is 6.65. The zero-order chi connectivity index (χ0) is 18.0. The summed E-state index contributed by atoms with van der Waals surface area (Å²) in [5.74, 6) is -0.382. The van der Waals surface area contributed by atoms with Crippen LogP contribution in [0.3, 0.4) is 0 Å². The van der Waals surface area contributed by atoms with Gasteiger partial charge in [0.1, 0.15) is 23.2 Å². The van der Waals surface area contributed by atoms with E-state index in [9.17, 15) is 14.3 Å². The SMILES string of the molecule is CC(C)(C)OC(=O)N1CC(CO)(COc2ccc(C#N)c(F)c2)C1. The number of carbonyl (C=O) groups is 1. The quantitative estimate of drug-likeness (QED) is 0.912. The van der Waals surface area contributed by atoms with Crippen LogP contribution in [0.25, 0.3) is 0 Å². The number of hydrogen-bond acceptors (Lipinski definition) is 5. The maximum Gasteiger partial charge on any atom is 0.410 e. The molecule has 1 aromatic rings. The number of halogens is 1. The predicted molar refractivity (Wildman–Crippen MR) is 83.9 cm³/mol. The molecule has 0 radical (unpaired) electrons. The molecule has 0 aromatic heterocycles. The van der Waals surface area contributed by atoms with Crippen molar-refractivity contribution in [2.45, 2.75) is 26.4 Å². The lowest BCUT2D eigenvalue weighted by atomic mass is 9.82. The van der Waals surface area contributed by atoms with E-state index < -0.39 is 22.9 Å². The van der Waals surface area contributed by atoms with Gasteiger partial charge in [-0.05, 0) is 32.9 Å². The molecule has 7 heteroatoms. The summed E-state index contributed by atoms with van der Waals surface area (Å²) in [5.41, 5.74) is -1.23. The molecule has 1 heterocycles. The van der Waals surface area contributed by atoms with Gasteiger partial charge in [0.25, 0.3) is 0 Å². The van der Waals surface area contributed by atoms with E-state index >= 15 is 0 Å². The van der Waals surface area contributed by atoms with E-state index in [0.29, 0.717) is 13.1 Å². The summed E-state index contributed by atoms with van der Waals surface area (Å²) >= 11 is 0. The molecule has 1 amide bonds. The molecular weight excluding hydrogens is 315 g/mol. The van der Waals surface area contributed by atoms with Gasteiger partial charge in [-0.3, -0.25) is 0 Å². The molecule has 1 aliphatic rings. The summed E-state index contributed by atoms with van der Waals surface area (Å²) in [6, 6.07) is 5.70. The van der Waals surface area contributed by atoms with Gasteiger partial charge in [-0.25, -0.2) is 9.18 Å². The second-order valence-corrected chi connectivity index (χ2v) is 7.04. The summed E-state index contributed by atoms with van der Waals surface area (Å²) in [7, 11) is 0. The van der Waals surface area contributed by atoms with Gasteiger partial charge in [-0.15, -0.1) is 0 Å². The van der Waals surface area contributed by atoms with E-state index in [1.165, 1.54) is 17.0 Å². The van der Waals surface area contributed by atoms with Crippen molar-refractivity contribution >= 4 is 6.09 Å². The molecule has 6 nitrogen and oxygen atoms in total. The lowest BCUT2D eigenvalue weighted by molar-refractivity contribution is -0.0742. The van der Waals surface area contributed by atoms with Crippen LogP contribution in [0.5, 0.6) is 5.75 Å². The smallest absolute Gasteiger partial charge is 0.410 e. The first-order valence-electron chi connectivity index (χ1n) is 7.59. The summed E-state index contributed by atoms with van der Waals surface area (Å²) < 4.78 is 24.3. The highest BCUT2D eigenvalue weighted by molar-refractivity contribution is 5.69.